The van der Waals surface area contributed by atoms with Crippen LogP contribution < -0.4 is 16.0 Å². The van der Waals surface area contributed by atoms with Crippen molar-refractivity contribution in [3.8, 4) is 5.88 Å². The molecule has 0 unspecified atom stereocenters. The molecule has 0 radical (unpaired) electrons. The molecule has 0 bridgehead atoms. The Morgan fingerprint density at radius 3 is 2.55 bits per heavy atom. The highest BCUT2D eigenvalue weighted by Gasteiger charge is 2.07. The van der Waals surface area contributed by atoms with E-state index in [0.29, 0.717) is 0 Å². The van der Waals surface area contributed by atoms with Gasteiger partial charge in [-0.05, 0) is 0 Å². The highest BCUT2D eigenvalue weighted by Crippen LogP contribution is 2.02. The first kappa shape index (κ1) is 7.52. The zero-order valence-electron chi connectivity index (χ0n) is 5.60. The molecular weight excluding hydrogens is 155 g/mol. The normalized spacial score (nSPS) is 9.64. The number of nitrogens with one attached hydrogen (secondary N) is 2. The van der Waals surface area contributed by atoms with Gasteiger partial charge in [0.15, 0.2) is 0 Å². The Morgan fingerprint density at radius 1 is 1.36 bits per heavy atom. The Hall–Kier alpha value is -1.59. The van der Waals surface area contributed by atoms with Gasteiger partial charge in [0.1, 0.15) is 0 Å². The first-order valence-electron chi connectivity index (χ1n) is 2.71. The third-order valence-electron chi connectivity index (χ3n) is 1.06. The molecule has 0 amide bonds. The molecule has 0 atom stereocenters. The van der Waals surface area contributed by atoms with Crippen LogP contribution in [0.4, 0.5) is 4.39 Å². The molecule has 0 spiro atoms. The van der Waals surface area contributed by atoms with Crippen LogP contribution in [-0.2, 0) is 0 Å². The van der Waals surface area contributed by atoms with Gasteiger partial charge < -0.3 is 4.74 Å². The van der Waals surface area contributed by atoms with Gasteiger partial charge in [-0.2, -0.15) is 4.39 Å². The predicted molar refractivity (Wildman–Crippen MR) is 34.2 cm³/mol. The zero-order valence-corrected chi connectivity index (χ0v) is 5.60. The number of aromatic amines is 2. The Balaban J connectivity index is 3.49. The largest absolute Gasteiger partial charge is 0.480 e. The van der Waals surface area contributed by atoms with Gasteiger partial charge in [0.2, 0.25) is 11.7 Å². The van der Waals surface area contributed by atoms with Gasteiger partial charge >= 0.3 is 5.69 Å². The van der Waals surface area contributed by atoms with Gasteiger partial charge in [0.25, 0.3) is 5.56 Å². The van der Waals surface area contributed by atoms with Crippen molar-refractivity contribution < 1.29 is 9.13 Å². The average Bonchev–Trinajstić information content (AvgIpc) is 1.96. The lowest BCUT2D eigenvalue weighted by Gasteiger charge is -1.96. The summed E-state index contributed by atoms with van der Waals surface area (Å²) >= 11 is 0. The molecule has 5 nitrogen and oxygen atoms in total. The molecular formula is C5H5FN2O3. The number of ether oxygens (including phenoxy) is 1. The zero-order chi connectivity index (χ0) is 8.43. The molecule has 1 heterocycles. The van der Waals surface area contributed by atoms with E-state index in [1.54, 1.807) is 4.98 Å². The van der Waals surface area contributed by atoms with Gasteiger partial charge in [-0.3, -0.25) is 14.8 Å². The number of aromatic nitrogens is 2. The molecule has 0 aliphatic rings. The van der Waals surface area contributed by atoms with E-state index in [1.807, 2.05) is 4.98 Å². The van der Waals surface area contributed by atoms with Crippen LogP contribution in [0.15, 0.2) is 9.59 Å². The van der Waals surface area contributed by atoms with Crippen molar-refractivity contribution in [3.63, 3.8) is 0 Å². The molecule has 0 aliphatic heterocycles. The number of halogens is 1. The third kappa shape index (κ3) is 1.28. The summed E-state index contributed by atoms with van der Waals surface area (Å²) in [6.07, 6.45) is 0. The van der Waals surface area contributed by atoms with Gasteiger partial charge in [-0.25, -0.2) is 4.79 Å². The van der Waals surface area contributed by atoms with Gasteiger partial charge in [-0.15, -0.1) is 0 Å². The molecule has 6 heteroatoms. The number of methoxy groups -OCH3 is 1. The molecule has 60 valence electrons. The van der Waals surface area contributed by atoms with Crippen molar-refractivity contribution in [2.45, 2.75) is 0 Å². The first-order valence-corrected chi connectivity index (χ1v) is 2.71. The van der Waals surface area contributed by atoms with E-state index in [-0.39, 0.29) is 0 Å². The van der Waals surface area contributed by atoms with E-state index < -0.39 is 22.9 Å². The van der Waals surface area contributed by atoms with Crippen LogP contribution in [0.25, 0.3) is 0 Å². The van der Waals surface area contributed by atoms with Crippen molar-refractivity contribution in [1.82, 2.24) is 9.97 Å². The van der Waals surface area contributed by atoms with E-state index in [4.69, 9.17) is 0 Å². The summed E-state index contributed by atoms with van der Waals surface area (Å²) in [5.41, 5.74) is -1.89. The molecule has 0 aromatic carbocycles. The minimum atomic E-state index is -1.13. The minimum Gasteiger partial charge on any atom is -0.480 e. The summed E-state index contributed by atoms with van der Waals surface area (Å²) in [7, 11) is 1.15. The van der Waals surface area contributed by atoms with Crippen LogP contribution in [0.2, 0.25) is 0 Å². The molecule has 0 saturated heterocycles. The second kappa shape index (κ2) is 2.57. The summed E-state index contributed by atoms with van der Waals surface area (Å²) in [6.45, 7) is 0. The fourth-order valence-corrected chi connectivity index (χ4v) is 0.591. The topological polar surface area (TPSA) is 75.0 Å². The standard InChI is InChI=1S/C5H5FN2O3/c1-11-4-2(6)3(9)7-5(10)8-4/h1H3,(H2,7,8,9,10). The Morgan fingerprint density at radius 2 is 2.00 bits per heavy atom. The van der Waals surface area contributed by atoms with Crippen LogP contribution in [-0.4, -0.2) is 17.1 Å². The molecule has 1 rings (SSSR count). The fourth-order valence-electron chi connectivity index (χ4n) is 0.591. The molecule has 11 heavy (non-hydrogen) atoms. The van der Waals surface area contributed by atoms with Crippen LogP contribution in [0.1, 0.15) is 0 Å². The highest BCUT2D eigenvalue weighted by molar-refractivity contribution is 5.08. The summed E-state index contributed by atoms with van der Waals surface area (Å²) in [4.78, 5) is 24.6. The summed E-state index contributed by atoms with van der Waals surface area (Å²) in [6, 6.07) is 0. The maximum absolute atomic E-state index is 12.5. The quantitative estimate of drug-likeness (QED) is 0.565. The minimum absolute atomic E-state index is 0.459. The lowest BCUT2D eigenvalue weighted by Crippen LogP contribution is -2.25. The number of hydrogen-bond donors (Lipinski definition) is 2. The molecule has 0 aliphatic carbocycles. The summed E-state index contributed by atoms with van der Waals surface area (Å²) < 4.78 is 16.9. The molecule has 1 aromatic heterocycles. The molecule has 0 fully saturated rings. The summed E-state index contributed by atoms with van der Waals surface area (Å²) in [5.74, 6) is -1.59. The van der Waals surface area contributed by atoms with Crippen molar-refractivity contribution >= 4 is 0 Å². The number of hydrogen-bond acceptors (Lipinski definition) is 3. The maximum Gasteiger partial charge on any atom is 0.328 e. The van der Waals surface area contributed by atoms with Crippen molar-refractivity contribution in [2.75, 3.05) is 7.11 Å². The van der Waals surface area contributed by atoms with Crippen LogP contribution >= 0.6 is 0 Å². The Kier molecular flexibility index (Phi) is 1.75. The second-order valence-electron chi connectivity index (χ2n) is 1.76. The van der Waals surface area contributed by atoms with E-state index in [0.717, 1.165) is 7.11 Å². The van der Waals surface area contributed by atoms with Gasteiger partial charge in [0.05, 0.1) is 7.11 Å². The Bertz CT molecular complexity index is 367. The first-order chi connectivity index (χ1) is 5.15. The van der Waals surface area contributed by atoms with E-state index in [1.165, 1.54) is 0 Å². The predicted octanol–water partition coefficient (Wildman–Crippen LogP) is -0.789. The van der Waals surface area contributed by atoms with E-state index in [2.05, 4.69) is 4.74 Å². The van der Waals surface area contributed by atoms with Gasteiger partial charge in [-0.1, -0.05) is 0 Å². The van der Waals surface area contributed by atoms with E-state index in [9.17, 15) is 14.0 Å². The second-order valence-corrected chi connectivity index (χ2v) is 1.76. The lowest BCUT2D eigenvalue weighted by molar-refractivity contribution is 0.362. The van der Waals surface area contributed by atoms with Crippen LogP contribution in [0, 0.1) is 5.82 Å². The number of H-pyrrole nitrogens is 2. The van der Waals surface area contributed by atoms with Crippen LogP contribution in [0.3, 0.4) is 0 Å². The van der Waals surface area contributed by atoms with E-state index >= 15 is 0 Å². The SMILES string of the molecule is COc1[nH]c(=O)[nH]c(=O)c1F. The molecule has 0 saturated carbocycles. The van der Waals surface area contributed by atoms with Gasteiger partial charge in [0, 0.05) is 0 Å². The third-order valence-corrected chi connectivity index (χ3v) is 1.06. The average molecular weight is 160 g/mol. The summed E-state index contributed by atoms with van der Waals surface area (Å²) in [5, 5.41) is 0. The number of rotatable bonds is 1. The van der Waals surface area contributed by atoms with Crippen molar-refractivity contribution in [2.24, 2.45) is 0 Å². The smallest absolute Gasteiger partial charge is 0.328 e. The highest BCUT2D eigenvalue weighted by atomic mass is 19.1. The fraction of sp³-hybridized carbons (Fsp3) is 0.200. The van der Waals surface area contributed by atoms with Crippen molar-refractivity contribution in [3.05, 3.63) is 26.7 Å². The maximum atomic E-state index is 12.5. The molecule has 2 N–H and O–H groups in total. The monoisotopic (exact) mass is 160 g/mol. The lowest BCUT2D eigenvalue weighted by atomic mass is 10.6. The Labute approximate surface area is 59.8 Å². The van der Waals surface area contributed by atoms with Crippen LogP contribution in [0.5, 0.6) is 5.88 Å². The molecule has 1 aromatic rings. The van der Waals surface area contributed by atoms with Crippen molar-refractivity contribution in [1.29, 1.82) is 0 Å².